The first-order valence-corrected chi connectivity index (χ1v) is 5.46. The predicted octanol–water partition coefficient (Wildman–Crippen LogP) is 2.05. The minimum Gasteiger partial charge on any atom is -0.326 e. The van der Waals surface area contributed by atoms with Gasteiger partial charge in [0.15, 0.2) is 0 Å². The Morgan fingerprint density at radius 1 is 1.44 bits per heavy atom. The van der Waals surface area contributed by atoms with E-state index in [2.05, 4.69) is 5.43 Å². The molecule has 2 amide bonds. The number of hydrogen-bond donors (Lipinski definition) is 2. The van der Waals surface area contributed by atoms with Gasteiger partial charge >= 0.3 is 6.03 Å². The minimum absolute atomic E-state index is 0.319. The monoisotopic (exact) mass is 261 g/mol. The van der Waals surface area contributed by atoms with Gasteiger partial charge in [-0.2, -0.15) is 0 Å². The van der Waals surface area contributed by atoms with Crippen molar-refractivity contribution in [3.05, 3.63) is 33.8 Å². The quantitative estimate of drug-likeness (QED) is 0.497. The minimum atomic E-state index is -0.319. The van der Waals surface area contributed by atoms with E-state index >= 15 is 0 Å². The zero-order valence-corrected chi connectivity index (χ0v) is 10.3. The molecule has 0 radical (unpaired) electrons. The fourth-order valence-corrected chi connectivity index (χ4v) is 1.52. The third kappa shape index (κ3) is 3.56. The summed E-state index contributed by atoms with van der Waals surface area (Å²) in [6.07, 6.45) is 0.695. The molecule has 0 aliphatic rings. The van der Waals surface area contributed by atoms with Gasteiger partial charge in [-0.15, -0.1) is 0 Å². The van der Waals surface area contributed by atoms with Gasteiger partial charge in [-0.1, -0.05) is 29.3 Å². The van der Waals surface area contributed by atoms with Crippen LogP contribution in [0.15, 0.2) is 18.2 Å². The van der Waals surface area contributed by atoms with Crippen molar-refractivity contribution in [2.45, 2.75) is 6.42 Å². The molecular formula is C10H13Cl2N3O. The van der Waals surface area contributed by atoms with E-state index in [4.69, 9.17) is 29.0 Å². The summed E-state index contributed by atoms with van der Waals surface area (Å²) in [5, 5.41) is 1.04. The maximum Gasteiger partial charge on any atom is 0.331 e. The molecule has 0 aliphatic carbocycles. The highest BCUT2D eigenvalue weighted by Gasteiger charge is 2.06. The van der Waals surface area contributed by atoms with Crippen molar-refractivity contribution in [1.82, 2.24) is 10.3 Å². The van der Waals surface area contributed by atoms with Crippen LogP contribution >= 0.6 is 23.2 Å². The van der Waals surface area contributed by atoms with Gasteiger partial charge in [-0.05, 0) is 24.1 Å². The molecule has 1 rings (SSSR count). The number of hydrogen-bond acceptors (Lipinski definition) is 2. The second-order valence-corrected chi connectivity index (χ2v) is 4.18. The molecular weight excluding hydrogens is 249 g/mol. The number of nitrogens with zero attached hydrogens (tertiary/aromatic N) is 1. The third-order valence-corrected chi connectivity index (χ3v) is 2.93. The lowest BCUT2D eigenvalue weighted by atomic mass is 10.1. The van der Waals surface area contributed by atoms with Gasteiger partial charge in [0.1, 0.15) is 0 Å². The Morgan fingerprint density at radius 2 is 2.12 bits per heavy atom. The molecule has 16 heavy (non-hydrogen) atoms. The van der Waals surface area contributed by atoms with Crippen LogP contribution in [0.1, 0.15) is 5.56 Å². The number of amides is 2. The molecule has 0 atom stereocenters. The summed E-state index contributed by atoms with van der Waals surface area (Å²) in [4.78, 5) is 12.6. The van der Waals surface area contributed by atoms with Crippen molar-refractivity contribution >= 4 is 29.2 Å². The van der Waals surface area contributed by atoms with Gasteiger partial charge in [0.25, 0.3) is 0 Å². The zero-order valence-electron chi connectivity index (χ0n) is 8.84. The van der Waals surface area contributed by atoms with Crippen LogP contribution in [0.25, 0.3) is 0 Å². The molecule has 0 fully saturated rings. The fourth-order valence-electron chi connectivity index (χ4n) is 1.20. The Bertz CT molecular complexity index is 384. The number of urea groups is 1. The zero-order chi connectivity index (χ0) is 12.1. The Labute approximate surface area is 104 Å². The number of benzene rings is 1. The summed E-state index contributed by atoms with van der Waals surface area (Å²) in [7, 11) is 1.67. The largest absolute Gasteiger partial charge is 0.331 e. The lowest BCUT2D eigenvalue weighted by Gasteiger charge is -2.16. The molecule has 0 aromatic heterocycles. The summed E-state index contributed by atoms with van der Waals surface area (Å²) in [5.74, 6) is 5.01. The molecule has 4 nitrogen and oxygen atoms in total. The van der Waals surface area contributed by atoms with Crippen LogP contribution in [0.5, 0.6) is 0 Å². The van der Waals surface area contributed by atoms with Gasteiger partial charge in [-0.3, -0.25) is 5.43 Å². The highest BCUT2D eigenvalue weighted by molar-refractivity contribution is 6.42. The van der Waals surface area contributed by atoms with E-state index in [0.29, 0.717) is 23.0 Å². The summed E-state index contributed by atoms with van der Waals surface area (Å²) in [5.41, 5.74) is 3.08. The molecule has 88 valence electrons. The van der Waals surface area contributed by atoms with Crippen LogP contribution in [-0.2, 0) is 6.42 Å². The average Bonchev–Trinajstić information content (AvgIpc) is 2.29. The van der Waals surface area contributed by atoms with Gasteiger partial charge in [0.05, 0.1) is 10.0 Å². The molecule has 0 heterocycles. The number of halogens is 2. The third-order valence-electron chi connectivity index (χ3n) is 2.19. The first-order valence-electron chi connectivity index (χ1n) is 4.70. The number of nitrogens with two attached hydrogens (primary N) is 1. The fraction of sp³-hybridized carbons (Fsp3) is 0.300. The van der Waals surface area contributed by atoms with Crippen molar-refractivity contribution in [3.8, 4) is 0 Å². The Kier molecular flexibility index (Phi) is 4.86. The van der Waals surface area contributed by atoms with Gasteiger partial charge in [0, 0.05) is 13.6 Å². The van der Waals surface area contributed by atoms with Crippen LogP contribution in [0.4, 0.5) is 4.79 Å². The number of hydrazine groups is 1. The number of carbonyl (C=O) groups excluding carboxylic acids is 1. The molecule has 0 bridgehead atoms. The predicted molar refractivity (Wildman–Crippen MR) is 65.5 cm³/mol. The van der Waals surface area contributed by atoms with Crippen LogP contribution < -0.4 is 11.3 Å². The standard InChI is InChI=1S/C10H13Cl2N3O/c1-15(10(16)14-13)5-4-7-2-3-8(11)9(12)6-7/h2-3,6H,4-5,13H2,1H3,(H,14,16). The van der Waals surface area contributed by atoms with Gasteiger partial charge < -0.3 is 4.90 Å². The SMILES string of the molecule is CN(CCc1ccc(Cl)c(Cl)c1)C(=O)NN. The topological polar surface area (TPSA) is 58.4 Å². The summed E-state index contributed by atoms with van der Waals surface area (Å²) in [6, 6.07) is 5.09. The second-order valence-electron chi connectivity index (χ2n) is 3.37. The van der Waals surface area contributed by atoms with E-state index < -0.39 is 0 Å². The number of rotatable bonds is 3. The van der Waals surface area contributed by atoms with Crippen LogP contribution in [-0.4, -0.2) is 24.5 Å². The Balaban J connectivity index is 2.55. The van der Waals surface area contributed by atoms with E-state index in [0.717, 1.165) is 5.56 Å². The first kappa shape index (κ1) is 13.1. The lowest BCUT2D eigenvalue weighted by Crippen LogP contribution is -2.41. The second kappa shape index (κ2) is 5.94. The Morgan fingerprint density at radius 3 is 2.69 bits per heavy atom. The van der Waals surface area contributed by atoms with E-state index in [-0.39, 0.29) is 6.03 Å². The van der Waals surface area contributed by atoms with Crippen molar-refractivity contribution < 1.29 is 4.79 Å². The van der Waals surface area contributed by atoms with Crippen molar-refractivity contribution in [2.24, 2.45) is 5.84 Å². The van der Waals surface area contributed by atoms with Crippen molar-refractivity contribution in [1.29, 1.82) is 0 Å². The molecule has 1 aromatic carbocycles. The smallest absolute Gasteiger partial charge is 0.326 e. The molecule has 0 aliphatic heterocycles. The summed E-state index contributed by atoms with van der Waals surface area (Å²) in [6.45, 7) is 0.557. The molecule has 6 heteroatoms. The maximum absolute atomic E-state index is 11.1. The molecule has 1 aromatic rings. The molecule has 0 saturated carbocycles. The molecule has 0 saturated heterocycles. The van der Waals surface area contributed by atoms with Crippen LogP contribution in [0, 0.1) is 0 Å². The van der Waals surface area contributed by atoms with E-state index in [1.165, 1.54) is 4.90 Å². The average molecular weight is 262 g/mol. The Hall–Kier alpha value is -0.970. The van der Waals surface area contributed by atoms with Crippen molar-refractivity contribution in [2.75, 3.05) is 13.6 Å². The van der Waals surface area contributed by atoms with E-state index in [9.17, 15) is 4.79 Å². The maximum atomic E-state index is 11.1. The highest BCUT2D eigenvalue weighted by Crippen LogP contribution is 2.22. The number of carbonyl (C=O) groups is 1. The van der Waals surface area contributed by atoms with Crippen molar-refractivity contribution in [3.63, 3.8) is 0 Å². The number of likely N-dealkylation sites (N-methyl/N-ethyl adjacent to an activating group) is 1. The first-order chi connectivity index (χ1) is 7.54. The summed E-state index contributed by atoms with van der Waals surface area (Å²) < 4.78 is 0. The van der Waals surface area contributed by atoms with Crippen LogP contribution in [0.3, 0.4) is 0 Å². The molecule has 0 spiro atoms. The highest BCUT2D eigenvalue weighted by atomic mass is 35.5. The summed E-state index contributed by atoms with van der Waals surface area (Å²) >= 11 is 11.7. The van der Waals surface area contributed by atoms with Gasteiger partial charge in [-0.25, -0.2) is 10.6 Å². The molecule has 0 unspecified atom stereocenters. The lowest BCUT2D eigenvalue weighted by molar-refractivity contribution is 0.209. The number of nitrogens with one attached hydrogen (secondary N) is 1. The molecule has 3 N–H and O–H groups in total. The van der Waals surface area contributed by atoms with E-state index in [1.807, 2.05) is 6.07 Å². The van der Waals surface area contributed by atoms with Crippen LogP contribution in [0.2, 0.25) is 10.0 Å². The normalized spacial score (nSPS) is 10.0. The van der Waals surface area contributed by atoms with E-state index in [1.54, 1.807) is 19.2 Å². The van der Waals surface area contributed by atoms with Gasteiger partial charge in [0.2, 0.25) is 0 Å².